The van der Waals surface area contributed by atoms with Gasteiger partial charge in [0, 0.05) is 17.1 Å². The summed E-state index contributed by atoms with van der Waals surface area (Å²) in [6.45, 7) is 12.9. The predicted molar refractivity (Wildman–Crippen MR) is 127 cm³/mol. The van der Waals surface area contributed by atoms with Gasteiger partial charge in [0.2, 0.25) is 0 Å². The molecule has 0 saturated heterocycles. The number of benzene rings is 2. The molecule has 0 N–H and O–H groups in total. The van der Waals surface area contributed by atoms with Crippen molar-refractivity contribution in [2.45, 2.75) is 67.2 Å². The molecule has 0 spiro atoms. The molecule has 0 heterocycles. The molecule has 2 aromatic rings. The third-order valence-electron chi connectivity index (χ3n) is 5.01. The van der Waals surface area contributed by atoms with Crippen molar-refractivity contribution in [3.8, 4) is 0 Å². The molecule has 0 aliphatic rings. The van der Waals surface area contributed by atoms with E-state index in [2.05, 4.69) is 77.9 Å². The van der Waals surface area contributed by atoms with Crippen LogP contribution in [0.4, 0.5) is 11.4 Å². The summed E-state index contributed by atoms with van der Waals surface area (Å²) < 4.78 is 0. The summed E-state index contributed by atoms with van der Waals surface area (Å²) in [4.78, 5) is 24.5. The monoisotopic (exact) mass is 464 g/mol. The van der Waals surface area contributed by atoms with Gasteiger partial charge < -0.3 is 0 Å². The van der Waals surface area contributed by atoms with Crippen molar-refractivity contribution in [3.05, 3.63) is 68.5 Å². The minimum Gasteiger partial charge on any atom is -0.251 e. The van der Waals surface area contributed by atoms with E-state index in [1.54, 1.807) is 0 Å². The summed E-state index contributed by atoms with van der Waals surface area (Å²) >= 11 is 0. The normalized spacial score (nSPS) is 10.8. The second kappa shape index (κ2) is 17.2. The molecule has 0 aromatic heterocycles. The fraction of sp³-hybridized carbons (Fsp3) is 0.417. The summed E-state index contributed by atoms with van der Waals surface area (Å²) in [6.07, 6.45) is 3.98. The molecule has 0 aliphatic heterocycles. The molecular formula is C24H32FeN4O2. The molecule has 0 atom stereocenters. The van der Waals surface area contributed by atoms with E-state index in [0.29, 0.717) is 0 Å². The molecule has 0 aliphatic carbocycles. The van der Waals surface area contributed by atoms with Crippen molar-refractivity contribution in [1.82, 2.24) is 11.2 Å². The molecule has 2 radical (unpaired) electrons. The van der Waals surface area contributed by atoms with Crippen LogP contribution in [0, 0.1) is 9.81 Å². The van der Waals surface area contributed by atoms with Crippen LogP contribution in [0.3, 0.4) is 0 Å². The van der Waals surface area contributed by atoms with E-state index in [4.69, 9.17) is 31.0 Å². The van der Waals surface area contributed by atoms with Gasteiger partial charge in [-0.2, -0.15) is 0 Å². The fourth-order valence-electron chi connectivity index (χ4n) is 3.21. The van der Waals surface area contributed by atoms with Gasteiger partial charge in [0.1, 0.15) is 11.2 Å². The second-order valence-corrected chi connectivity index (χ2v) is 6.66. The van der Waals surface area contributed by atoms with Crippen LogP contribution in [0.2, 0.25) is 0 Å². The van der Waals surface area contributed by atoms with E-state index in [-0.39, 0.29) is 17.1 Å². The Labute approximate surface area is 196 Å². The zero-order valence-corrected chi connectivity index (χ0v) is 20.4. The van der Waals surface area contributed by atoms with Crippen molar-refractivity contribution in [2.24, 2.45) is 9.98 Å². The van der Waals surface area contributed by atoms with Crippen LogP contribution in [-0.2, 0) is 42.8 Å². The predicted octanol–water partition coefficient (Wildman–Crippen LogP) is 5.92. The number of hydrogen-bond acceptors (Lipinski definition) is 4. The Kier molecular flexibility index (Phi) is 17.0. The van der Waals surface area contributed by atoms with Crippen molar-refractivity contribution in [3.63, 3.8) is 0 Å². The number of hydrogen-bond donors (Lipinski definition) is 0. The van der Waals surface area contributed by atoms with E-state index < -0.39 is 0 Å². The van der Waals surface area contributed by atoms with Gasteiger partial charge in [0.05, 0.1) is 22.8 Å². The second-order valence-electron chi connectivity index (χ2n) is 6.66. The van der Waals surface area contributed by atoms with Crippen LogP contribution in [0.5, 0.6) is 0 Å². The van der Waals surface area contributed by atoms with Crippen molar-refractivity contribution >= 4 is 22.8 Å². The Morgan fingerprint density at radius 3 is 1.03 bits per heavy atom. The maximum atomic E-state index is 7.25. The number of aliphatic imine (C=N–C) groups is 2. The van der Waals surface area contributed by atoms with Crippen LogP contribution in [0.15, 0.2) is 46.4 Å². The topological polar surface area (TPSA) is 103 Å². The Morgan fingerprint density at radius 1 is 0.613 bits per heavy atom. The third kappa shape index (κ3) is 8.64. The molecule has 0 fully saturated rings. The van der Waals surface area contributed by atoms with E-state index in [0.717, 1.165) is 48.5 Å². The molecule has 0 unspecified atom stereocenters. The first-order valence-corrected chi connectivity index (χ1v) is 10.2. The first-order chi connectivity index (χ1) is 14.5. The minimum absolute atomic E-state index is 0. The van der Waals surface area contributed by atoms with Crippen LogP contribution < -0.4 is 11.2 Å². The summed E-state index contributed by atoms with van der Waals surface area (Å²) in [7, 11) is 0. The summed E-state index contributed by atoms with van der Waals surface area (Å²) in [5, 5.41) is 0. The Balaban J connectivity index is 0. The summed E-state index contributed by atoms with van der Waals surface area (Å²) in [6, 6.07) is 13.0. The molecule has 0 saturated carbocycles. The number of rotatable bonds is 7. The van der Waals surface area contributed by atoms with E-state index in [1.807, 2.05) is 0 Å². The maximum absolute atomic E-state index is 7.25. The third-order valence-corrected chi connectivity index (χ3v) is 5.01. The van der Waals surface area contributed by atoms with Crippen molar-refractivity contribution in [2.75, 3.05) is 0 Å². The van der Waals surface area contributed by atoms with E-state index in [1.165, 1.54) is 22.3 Å². The van der Waals surface area contributed by atoms with Gasteiger partial charge in [-0.25, -0.2) is 0 Å². The van der Waals surface area contributed by atoms with Crippen LogP contribution in [0.1, 0.15) is 63.8 Å². The zero-order chi connectivity index (χ0) is 23.1. The Bertz CT molecular complexity index is 751. The molecule has 0 bridgehead atoms. The van der Waals surface area contributed by atoms with Gasteiger partial charge in [-0.3, -0.25) is 9.98 Å². The average molecular weight is 464 g/mol. The summed E-state index contributed by atoms with van der Waals surface area (Å²) in [5.41, 5.74) is 21.0. The fourth-order valence-corrected chi connectivity index (χ4v) is 3.21. The van der Waals surface area contributed by atoms with Gasteiger partial charge in [-0.05, 0) is 61.8 Å². The Morgan fingerprint density at radius 2 is 0.839 bits per heavy atom. The maximum Gasteiger partial charge on any atom is 0.120 e. The average Bonchev–Trinajstić information content (AvgIpc) is 2.81. The molecule has 2 aromatic carbocycles. The van der Waals surface area contributed by atoms with Crippen molar-refractivity contribution in [1.29, 1.82) is 0 Å². The van der Waals surface area contributed by atoms with Gasteiger partial charge in [0.25, 0.3) is 0 Å². The zero-order valence-electron chi connectivity index (χ0n) is 19.3. The molecular weight excluding hydrogens is 432 g/mol. The smallest absolute Gasteiger partial charge is 0.120 e. The number of nitroso groups, excluding NO2 is 2. The molecule has 7 heteroatoms. The van der Waals surface area contributed by atoms with Gasteiger partial charge in [-0.1, -0.05) is 64.1 Å². The van der Waals surface area contributed by atoms with Crippen LogP contribution in [0.25, 0.3) is 0 Å². The van der Waals surface area contributed by atoms with Gasteiger partial charge >= 0.3 is 0 Å². The Hall–Kier alpha value is -2.50. The SMILES string of the molecule is CCc1cccc(CC)c1N=C(C)C(C)=Nc1c(CC)cccc1CC.[Fe].[N]=O.[N]=O. The molecule has 0 amide bonds. The number of nitrogens with zero attached hydrogens (tertiary/aromatic N) is 4. The van der Waals surface area contributed by atoms with E-state index >= 15 is 0 Å². The molecule has 168 valence electrons. The standard InChI is InChI=1S/C24H32N2.Fe.2NO/c1-7-19-13-11-14-20(8-2)23(19)25-17(5)18(6)26-24-21(9-3)15-12-16-22(24)10-4;;2*1-2/h11-16H,7-10H2,1-6H3;;;. The van der Waals surface area contributed by atoms with Crippen molar-refractivity contribution < 1.29 is 17.1 Å². The van der Waals surface area contributed by atoms with Crippen LogP contribution in [-0.4, -0.2) is 11.4 Å². The van der Waals surface area contributed by atoms with Crippen LogP contribution >= 0.6 is 0 Å². The summed E-state index contributed by atoms with van der Waals surface area (Å²) in [5.74, 6) is 0. The first kappa shape index (κ1) is 30.7. The van der Waals surface area contributed by atoms with Gasteiger partial charge in [-0.15, -0.1) is 9.81 Å². The molecule has 2 rings (SSSR count). The largest absolute Gasteiger partial charge is 0.251 e. The molecule has 31 heavy (non-hydrogen) atoms. The number of para-hydroxylation sites is 2. The first-order valence-electron chi connectivity index (χ1n) is 10.2. The van der Waals surface area contributed by atoms with Gasteiger partial charge in [0.15, 0.2) is 0 Å². The quantitative estimate of drug-likeness (QED) is 0.375. The van der Waals surface area contributed by atoms with E-state index in [9.17, 15) is 0 Å². The number of aryl methyl sites for hydroxylation is 4. The minimum atomic E-state index is 0. The molecule has 6 nitrogen and oxygen atoms in total.